The molecule has 0 spiro atoms. The van der Waals surface area contributed by atoms with E-state index < -0.39 is 0 Å². The summed E-state index contributed by atoms with van der Waals surface area (Å²) in [5.74, 6) is 1.74. The van der Waals surface area contributed by atoms with Crippen molar-refractivity contribution < 1.29 is 13.7 Å². The number of aromatic nitrogens is 4. The van der Waals surface area contributed by atoms with Crippen molar-refractivity contribution in [2.75, 3.05) is 0 Å². The van der Waals surface area contributed by atoms with Gasteiger partial charge in [0, 0.05) is 18.0 Å². The van der Waals surface area contributed by atoms with Crippen LogP contribution in [0.15, 0.2) is 51.0 Å². The third kappa shape index (κ3) is 3.93. The minimum absolute atomic E-state index is 0.117. The highest BCUT2D eigenvalue weighted by molar-refractivity contribution is 7.13. The van der Waals surface area contributed by atoms with Crippen LogP contribution in [0, 0.1) is 6.92 Å². The quantitative estimate of drug-likeness (QED) is 0.547. The van der Waals surface area contributed by atoms with Gasteiger partial charge in [-0.05, 0) is 30.5 Å². The van der Waals surface area contributed by atoms with E-state index in [4.69, 9.17) is 8.94 Å². The van der Waals surface area contributed by atoms with E-state index in [9.17, 15) is 4.79 Å². The molecule has 0 aliphatic heterocycles. The lowest BCUT2D eigenvalue weighted by Gasteiger charge is -2.00. The number of aryl methyl sites for hydroxylation is 1. The summed E-state index contributed by atoms with van der Waals surface area (Å²) in [5.41, 5.74) is 1.41. The Morgan fingerprint density at radius 3 is 2.85 bits per heavy atom. The van der Waals surface area contributed by atoms with Crippen LogP contribution in [0.2, 0.25) is 0 Å². The number of thiophene rings is 1. The zero-order chi connectivity index (χ0) is 18.6. The Morgan fingerprint density at radius 1 is 1.22 bits per heavy atom. The number of oxazole rings is 1. The molecule has 0 radical (unpaired) electrons. The van der Waals surface area contributed by atoms with Crippen molar-refractivity contribution in [2.24, 2.45) is 0 Å². The molecule has 136 valence electrons. The van der Waals surface area contributed by atoms with Crippen LogP contribution >= 0.6 is 11.3 Å². The lowest BCUT2D eigenvalue weighted by atomic mass is 10.2. The number of hydrogen-bond donors (Lipinski definition) is 1. The third-order valence-electron chi connectivity index (χ3n) is 3.80. The number of carbonyl (C=O) groups is 1. The molecule has 0 fully saturated rings. The van der Waals surface area contributed by atoms with Crippen LogP contribution in [-0.2, 0) is 17.8 Å². The molecule has 4 heterocycles. The fourth-order valence-electron chi connectivity index (χ4n) is 2.43. The van der Waals surface area contributed by atoms with Gasteiger partial charge in [0.25, 0.3) is 0 Å². The molecule has 4 aromatic heterocycles. The van der Waals surface area contributed by atoms with Crippen LogP contribution in [0.5, 0.6) is 0 Å². The molecule has 27 heavy (non-hydrogen) atoms. The maximum atomic E-state index is 12.2. The van der Waals surface area contributed by atoms with Gasteiger partial charge in [-0.15, -0.1) is 11.3 Å². The molecule has 1 N–H and O–H groups in total. The van der Waals surface area contributed by atoms with Gasteiger partial charge >= 0.3 is 0 Å². The molecule has 0 unspecified atom stereocenters. The number of pyridine rings is 1. The zero-order valence-electron chi connectivity index (χ0n) is 14.4. The zero-order valence-corrected chi connectivity index (χ0v) is 15.2. The second-order valence-electron chi connectivity index (χ2n) is 5.70. The van der Waals surface area contributed by atoms with Crippen LogP contribution in [0.3, 0.4) is 0 Å². The molecule has 0 aromatic carbocycles. The van der Waals surface area contributed by atoms with Crippen LogP contribution in [0.25, 0.3) is 22.2 Å². The van der Waals surface area contributed by atoms with Gasteiger partial charge in [-0.25, -0.2) is 4.98 Å². The van der Waals surface area contributed by atoms with E-state index in [1.54, 1.807) is 31.5 Å². The first-order valence-electron chi connectivity index (χ1n) is 8.19. The first-order valence-corrected chi connectivity index (χ1v) is 9.07. The van der Waals surface area contributed by atoms with Crippen molar-refractivity contribution in [3.05, 3.63) is 59.4 Å². The number of nitrogens with zero attached hydrogens (tertiary/aromatic N) is 4. The Bertz CT molecular complexity index is 1040. The lowest BCUT2D eigenvalue weighted by Crippen LogP contribution is -2.25. The van der Waals surface area contributed by atoms with E-state index >= 15 is 0 Å². The van der Waals surface area contributed by atoms with Gasteiger partial charge in [-0.3, -0.25) is 9.78 Å². The number of hydrogen-bond acceptors (Lipinski definition) is 8. The first kappa shape index (κ1) is 17.1. The van der Waals surface area contributed by atoms with Gasteiger partial charge in [0.05, 0.1) is 23.5 Å². The highest BCUT2D eigenvalue weighted by Gasteiger charge is 2.16. The number of nitrogens with one attached hydrogen (secondary N) is 1. The molecule has 0 saturated heterocycles. The summed E-state index contributed by atoms with van der Waals surface area (Å²) in [5, 5.41) is 8.61. The summed E-state index contributed by atoms with van der Waals surface area (Å²) in [4.78, 5) is 25.8. The molecule has 8 nitrogen and oxygen atoms in total. The first-order chi connectivity index (χ1) is 13.2. The molecule has 0 atom stereocenters. The fourth-order valence-corrected chi connectivity index (χ4v) is 3.08. The van der Waals surface area contributed by atoms with Gasteiger partial charge < -0.3 is 14.3 Å². The van der Waals surface area contributed by atoms with Crippen molar-refractivity contribution in [1.29, 1.82) is 0 Å². The van der Waals surface area contributed by atoms with E-state index in [0.29, 0.717) is 29.1 Å². The van der Waals surface area contributed by atoms with Crippen molar-refractivity contribution in [1.82, 2.24) is 25.4 Å². The lowest BCUT2D eigenvalue weighted by molar-refractivity contribution is -0.120. The van der Waals surface area contributed by atoms with Gasteiger partial charge in [-0.1, -0.05) is 11.2 Å². The molecule has 0 aliphatic rings. The minimum Gasteiger partial charge on any atom is -0.440 e. The van der Waals surface area contributed by atoms with Gasteiger partial charge in [0.2, 0.25) is 23.5 Å². The minimum atomic E-state index is -0.201. The highest BCUT2D eigenvalue weighted by atomic mass is 32.1. The maximum absolute atomic E-state index is 12.2. The Hall–Kier alpha value is -3.33. The Labute approximate surface area is 158 Å². The fraction of sp³-hybridized carbons (Fsp3) is 0.167. The second-order valence-corrected chi connectivity index (χ2v) is 6.65. The van der Waals surface area contributed by atoms with Crippen molar-refractivity contribution >= 4 is 17.2 Å². The standard InChI is InChI=1S/C18H15N5O3S/c1-11-13(21-18(25-11)14-3-2-8-27-14)9-15(24)20-10-16-22-17(23-26-16)12-4-6-19-7-5-12/h2-8H,9-10H2,1H3,(H,20,24). The summed E-state index contributed by atoms with van der Waals surface area (Å²) in [7, 11) is 0. The normalized spacial score (nSPS) is 10.9. The van der Waals surface area contributed by atoms with E-state index in [1.165, 1.54) is 11.3 Å². The summed E-state index contributed by atoms with van der Waals surface area (Å²) < 4.78 is 10.8. The summed E-state index contributed by atoms with van der Waals surface area (Å²) in [6.45, 7) is 1.94. The molecule has 0 saturated carbocycles. The second kappa shape index (κ2) is 7.50. The summed E-state index contributed by atoms with van der Waals surface area (Å²) in [6, 6.07) is 7.42. The van der Waals surface area contributed by atoms with E-state index in [2.05, 4.69) is 25.4 Å². The molecule has 4 rings (SSSR count). The van der Waals surface area contributed by atoms with Crippen molar-refractivity contribution in [3.63, 3.8) is 0 Å². The molecular formula is C18H15N5O3S. The predicted octanol–water partition coefficient (Wildman–Crippen LogP) is 3.02. The van der Waals surface area contributed by atoms with Gasteiger partial charge in [0.15, 0.2) is 0 Å². The Balaban J connectivity index is 1.36. The van der Waals surface area contributed by atoms with E-state index in [1.807, 2.05) is 17.5 Å². The SMILES string of the molecule is Cc1oc(-c2cccs2)nc1CC(=O)NCc1nc(-c2ccncc2)no1. The van der Waals surface area contributed by atoms with Crippen LogP contribution < -0.4 is 5.32 Å². The number of rotatable bonds is 6. The van der Waals surface area contributed by atoms with E-state index in [0.717, 1.165) is 10.4 Å². The average molecular weight is 381 g/mol. The molecule has 0 bridgehead atoms. The van der Waals surface area contributed by atoms with Crippen LogP contribution in [0.4, 0.5) is 0 Å². The monoisotopic (exact) mass is 381 g/mol. The molecule has 4 aromatic rings. The smallest absolute Gasteiger partial charge is 0.246 e. The maximum Gasteiger partial charge on any atom is 0.246 e. The largest absolute Gasteiger partial charge is 0.440 e. The van der Waals surface area contributed by atoms with Crippen molar-refractivity contribution in [2.45, 2.75) is 19.9 Å². The summed E-state index contributed by atoms with van der Waals surface area (Å²) >= 11 is 1.54. The van der Waals surface area contributed by atoms with Crippen LogP contribution in [-0.4, -0.2) is 26.0 Å². The molecule has 0 aliphatic carbocycles. The van der Waals surface area contributed by atoms with Crippen LogP contribution in [0.1, 0.15) is 17.3 Å². The topological polar surface area (TPSA) is 107 Å². The number of amides is 1. The van der Waals surface area contributed by atoms with Crippen molar-refractivity contribution in [3.8, 4) is 22.2 Å². The predicted molar refractivity (Wildman–Crippen MR) is 97.6 cm³/mol. The summed E-state index contributed by atoms with van der Waals surface area (Å²) in [6.07, 6.45) is 3.42. The number of carbonyl (C=O) groups excluding carboxylic acids is 1. The Kier molecular flexibility index (Phi) is 4.75. The molecule has 9 heteroatoms. The molecule has 1 amide bonds. The Morgan fingerprint density at radius 2 is 2.07 bits per heavy atom. The average Bonchev–Trinajstić information content (AvgIpc) is 3.43. The van der Waals surface area contributed by atoms with Gasteiger partial charge in [-0.2, -0.15) is 4.98 Å². The van der Waals surface area contributed by atoms with Gasteiger partial charge in [0.1, 0.15) is 5.76 Å². The third-order valence-corrected chi connectivity index (χ3v) is 4.65. The van der Waals surface area contributed by atoms with E-state index in [-0.39, 0.29) is 18.9 Å². The highest BCUT2D eigenvalue weighted by Crippen LogP contribution is 2.26. The molecular weight excluding hydrogens is 366 g/mol.